The monoisotopic (exact) mass is 609 g/mol. The molecule has 0 heterocycles. The summed E-state index contributed by atoms with van der Waals surface area (Å²) < 4.78 is 10.9. The third-order valence-corrected chi connectivity index (χ3v) is 7.99. The van der Waals surface area contributed by atoms with E-state index in [1.165, 1.54) is 32.1 Å². The highest BCUT2D eigenvalue weighted by Gasteiger charge is 2.19. The van der Waals surface area contributed by atoms with Crippen molar-refractivity contribution in [3.63, 3.8) is 0 Å². The van der Waals surface area contributed by atoms with Crippen molar-refractivity contribution >= 4 is 46.9 Å². The summed E-state index contributed by atoms with van der Waals surface area (Å²) in [6.07, 6.45) is 1.54. The van der Waals surface area contributed by atoms with Crippen molar-refractivity contribution in [1.29, 1.82) is 0 Å². The smallest absolute Gasteiger partial charge is 0.272 e. The van der Waals surface area contributed by atoms with Crippen LogP contribution in [0.5, 0.6) is 11.5 Å². The van der Waals surface area contributed by atoms with Crippen molar-refractivity contribution in [2.24, 2.45) is 0 Å². The molecule has 4 rings (SSSR count). The van der Waals surface area contributed by atoms with Gasteiger partial charge in [-0.3, -0.25) is 14.4 Å². The Bertz CT molecular complexity index is 1690. The highest BCUT2D eigenvalue weighted by atomic mass is 32.2. The van der Waals surface area contributed by atoms with Gasteiger partial charge in [-0.05, 0) is 80.4 Å². The van der Waals surface area contributed by atoms with Crippen LogP contribution in [0.1, 0.15) is 34.0 Å². The Kier molecular flexibility index (Phi) is 10.8. The minimum absolute atomic E-state index is 0.00438. The molecule has 4 aromatic rings. The number of anilines is 2. The maximum absolute atomic E-state index is 13.6. The molecule has 3 N–H and O–H groups in total. The number of thioether (sulfide) groups is 1. The third kappa shape index (κ3) is 8.08. The minimum atomic E-state index is -0.540. The average Bonchev–Trinajstić information content (AvgIpc) is 3.03. The van der Waals surface area contributed by atoms with Crippen LogP contribution in [-0.4, -0.2) is 37.2 Å². The Hall–Kier alpha value is -5.02. The van der Waals surface area contributed by atoms with E-state index in [0.29, 0.717) is 28.3 Å². The van der Waals surface area contributed by atoms with Crippen molar-refractivity contribution in [2.45, 2.75) is 30.9 Å². The first-order valence-electron chi connectivity index (χ1n) is 13.9. The summed E-state index contributed by atoms with van der Waals surface area (Å²) in [7, 11) is 3.03. The first-order chi connectivity index (χ1) is 21.2. The maximum Gasteiger partial charge on any atom is 0.272 e. The largest absolute Gasteiger partial charge is 0.493 e. The van der Waals surface area contributed by atoms with Crippen molar-refractivity contribution in [3.8, 4) is 11.5 Å². The Morgan fingerprint density at radius 1 is 0.818 bits per heavy atom. The van der Waals surface area contributed by atoms with Gasteiger partial charge in [0.25, 0.3) is 11.8 Å². The molecule has 0 radical (unpaired) electrons. The lowest BCUT2D eigenvalue weighted by Gasteiger charge is -2.16. The molecule has 44 heavy (non-hydrogen) atoms. The fourth-order valence-corrected chi connectivity index (χ4v) is 5.27. The second-order valence-corrected chi connectivity index (χ2v) is 11.4. The van der Waals surface area contributed by atoms with E-state index < -0.39 is 17.1 Å². The second kappa shape index (κ2) is 14.9. The van der Waals surface area contributed by atoms with Crippen molar-refractivity contribution in [1.82, 2.24) is 5.32 Å². The Morgan fingerprint density at radius 2 is 1.55 bits per heavy atom. The molecule has 4 aromatic carbocycles. The van der Waals surface area contributed by atoms with Crippen LogP contribution < -0.4 is 25.4 Å². The molecule has 0 bridgehead atoms. The van der Waals surface area contributed by atoms with E-state index in [0.717, 1.165) is 21.7 Å². The van der Waals surface area contributed by atoms with Crippen LogP contribution in [0.25, 0.3) is 6.08 Å². The van der Waals surface area contributed by atoms with Crippen molar-refractivity contribution in [3.05, 3.63) is 119 Å². The number of aryl methyl sites for hydroxylation is 1. The molecule has 1 atom stereocenters. The summed E-state index contributed by atoms with van der Waals surface area (Å²) in [5, 5.41) is 8.22. The zero-order valence-electron chi connectivity index (χ0n) is 25.3. The molecule has 8 nitrogen and oxygen atoms in total. The summed E-state index contributed by atoms with van der Waals surface area (Å²) >= 11 is 1.37. The van der Waals surface area contributed by atoms with E-state index in [1.807, 2.05) is 45.0 Å². The number of para-hydroxylation sites is 1. The van der Waals surface area contributed by atoms with Crippen LogP contribution in [0, 0.1) is 13.8 Å². The van der Waals surface area contributed by atoms with Gasteiger partial charge in [0.2, 0.25) is 5.91 Å². The number of ether oxygens (including phenoxy) is 2. The summed E-state index contributed by atoms with van der Waals surface area (Å²) in [6, 6.07) is 26.9. The van der Waals surface area contributed by atoms with Gasteiger partial charge < -0.3 is 25.4 Å². The van der Waals surface area contributed by atoms with Crippen LogP contribution in [0.4, 0.5) is 11.4 Å². The molecule has 0 spiro atoms. The van der Waals surface area contributed by atoms with E-state index in [2.05, 4.69) is 16.0 Å². The highest BCUT2D eigenvalue weighted by Crippen LogP contribution is 2.32. The first kappa shape index (κ1) is 31.9. The van der Waals surface area contributed by atoms with Gasteiger partial charge in [0.15, 0.2) is 11.5 Å². The summed E-state index contributed by atoms with van der Waals surface area (Å²) in [5.41, 5.74) is 4.35. The van der Waals surface area contributed by atoms with Crippen LogP contribution in [-0.2, 0) is 9.59 Å². The standard InChI is InChI=1S/C35H35N3O5S/c1-22-12-9-18-29(23(22)2)37-33(39)24(3)44-28-17-11-16-27(21-28)36-35(41)30(38-34(40)25-13-7-6-8-14-25)20-26-15-10-19-31(42-4)32(26)43-5/h6-21,24H,1-5H3,(H,36,41)(H,37,39)(H,38,40)/b30-20+. The average molecular weight is 610 g/mol. The van der Waals surface area contributed by atoms with Gasteiger partial charge in [-0.2, -0.15) is 0 Å². The lowest BCUT2D eigenvalue weighted by molar-refractivity contribution is -0.115. The Morgan fingerprint density at radius 3 is 2.27 bits per heavy atom. The number of rotatable bonds is 11. The van der Waals surface area contributed by atoms with Crippen LogP contribution >= 0.6 is 11.8 Å². The molecule has 0 saturated carbocycles. The summed E-state index contributed by atoms with van der Waals surface area (Å²) in [6.45, 7) is 5.81. The van der Waals surface area contributed by atoms with Gasteiger partial charge in [-0.15, -0.1) is 11.8 Å². The quantitative estimate of drug-likeness (QED) is 0.127. The topological polar surface area (TPSA) is 106 Å². The SMILES string of the molecule is COc1cccc(/C=C(/NC(=O)c2ccccc2)C(=O)Nc2cccc(SC(C)C(=O)Nc3cccc(C)c3C)c2)c1OC. The van der Waals surface area contributed by atoms with Crippen LogP contribution in [0.2, 0.25) is 0 Å². The number of methoxy groups -OCH3 is 2. The maximum atomic E-state index is 13.6. The number of hydrogen-bond donors (Lipinski definition) is 3. The van der Waals surface area contributed by atoms with Gasteiger partial charge in [0.05, 0.1) is 19.5 Å². The third-order valence-electron chi connectivity index (χ3n) is 6.90. The minimum Gasteiger partial charge on any atom is -0.493 e. The van der Waals surface area contributed by atoms with Gasteiger partial charge in [0, 0.05) is 27.4 Å². The van der Waals surface area contributed by atoms with E-state index in [1.54, 1.807) is 66.7 Å². The van der Waals surface area contributed by atoms with Gasteiger partial charge in [-0.1, -0.05) is 48.5 Å². The molecule has 0 fully saturated rings. The second-order valence-electron chi connectivity index (χ2n) is 9.94. The fourth-order valence-electron chi connectivity index (χ4n) is 4.35. The Balaban J connectivity index is 1.54. The molecule has 0 saturated heterocycles. The van der Waals surface area contributed by atoms with E-state index in [9.17, 15) is 14.4 Å². The zero-order chi connectivity index (χ0) is 31.6. The normalized spacial score (nSPS) is 11.7. The van der Waals surface area contributed by atoms with Crippen molar-refractivity contribution in [2.75, 3.05) is 24.9 Å². The Labute approximate surface area is 261 Å². The van der Waals surface area contributed by atoms with Crippen molar-refractivity contribution < 1.29 is 23.9 Å². The summed E-state index contributed by atoms with van der Waals surface area (Å²) in [5.74, 6) is -0.209. The molecule has 1 unspecified atom stereocenters. The molecule has 0 aromatic heterocycles. The number of nitrogens with one attached hydrogen (secondary N) is 3. The number of carbonyl (C=O) groups is 3. The summed E-state index contributed by atoms with van der Waals surface area (Å²) in [4.78, 5) is 40.4. The molecular weight excluding hydrogens is 574 g/mol. The lowest BCUT2D eigenvalue weighted by atomic mass is 10.1. The van der Waals surface area contributed by atoms with E-state index in [4.69, 9.17) is 9.47 Å². The van der Waals surface area contributed by atoms with Gasteiger partial charge >= 0.3 is 0 Å². The number of benzene rings is 4. The van der Waals surface area contributed by atoms with Gasteiger partial charge in [0.1, 0.15) is 5.70 Å². The molecule has 0 aliphatic heterocycles. The van der Waals surface area contributed by atoms with E-state index in [-0.39, 0.29) is 11.6 Å². The lowest BCUT2D eigenvalue weighted by Crippen LogP contribution is -2.30. The number of hydrogen-bond acceptors (Lipinski definition) is 6. The molecule has 3 amide bonds. The highest BCUT2D eigenvalue weighted by molar-refractivity contribution is 8.00. The molecule has 226 valence electrons. The fraction of sp³-hybridized carbons (Fsp3) is 0.171. The van der Waals surface area contributed by atoms with Crippen LogP contribution in [0.15, 0.2) is 102 Å². The first-order valence-corrected chi connectivity index (χ1v) is 14.8. The molecule has 0 aliphatic rings. The zero-order valence-corrected chi connectivity index (χ0v) is 26.1. The van der Waals surface area contributed by atoms with Crippen LogP contribution in [0.3, 0.4) is 0 Å². The molecule has 0 aliphatic carbocycles. The number of amides is 3. The van der Waals surface area contributed by atoms with E-state index >= 15 is 0 Å². The predicted octanol–water partition coefficient (Wildman–Crippen LogP) is 6.85. The number of carbonyl (C=O) groups excluding carboxylic acids is 3. The molecule has 9 heteroatoms. The predicted molar refractivity (Wildman–Crippen MR) is 176 cm³/mol. The van der Waals surface area contributed by atoms with Gasteiger partial charge in [-0.25, -0.2) is 0 Å². The molecular formula is C35H35N3O5S.